The molecule has 0 saturated carbocycles. The topological polar surface area (TPSA) is 59.1 Å². The Morgan fingerprint density at radius 2 is 1.74 bits per heavy atom. The standard InChI is InChI=1S/C29H30N2O4/c1-21-6-5-9-24(18-21)28-26-19-25(35-20-27(32)30-14-16-34-17-15-30)11-10-22(26)12-13-31(28)29(33)23-7-3-2-4-8-23/h2-11,18-19,28H,12-17,20H2,1H3. The van der Waals surface area contributed by atoms with Crippen molar-refractivity contribution in [3.05, 3.63) is 101 Å². The van der Waals surface area contributed by atoms with E-state index in [0.29, 0.717) is 44.2 Å². The van der Waals surface area contributed by atoms with E-state index in [0.717, 1.165) is 23.1 Å². The molecule has 180 valence electrons. The van der Waals surface area contributed by atoms with Crippen LogP contribution in [-0.2, 0) is 16.0 Å². The second kappa shape index (κ2) is 10.3. The average Bonchev–Trinajstić information content (AvgIpc) is 2.91. The second-order valence-electron chi connectivity index (χ2n) is 9.07. The third-order valence-corrected chi connectivity index (χ3v) is 6.71. The van der Waals surface area contributed by atoms with Crippen molar-refractivity contribution in [1.29, 1.82) is 0 Å². The Morgan fingerprint density at radius 3 is 2.51 bits per heavy atom. The summed E-state index contributed by atoms with van der Waals surface area (Å²) in [6.07, 6.45) is 0.767. The van der Waals surface area contributed by atoms with Crippen LogP contribution < -0.4 is 4.74 Å². The lowest BCUT2D eigenvalue weighted by molar-refractivity contribution is -0.137. The molecule has 2 amide bonds. The summed E-state index contributed by atoms with van der Waals surface area (Å²) in [6.45, 7) is 5.00. The van der Waals surface area contributed by atoms with E-state index < -0.39 is 0 Å². The Balaban J connectivity index is 1.45. The van der Waals surface area contributed by atoms with Crippen LogP contribution in [-0.4, -0.2) is 61.1 Å². The first kappa shape index (κ1) is 23.1. The maximum Gasteiger partial charge on any atom is 0.260 e. The zero-order valence-electron chi connectivity index (χ0n) is 20.0. The van der Waals surface area contributed by atoms with E-state index in [1.807, 2.05) is 53.4 Å². The predicted octanol–water partition coefficient (Wildman–Crippen LogP) is 4.02. The van der Waals surface area contributed by atoms with Gasteiger partial charge in [-0.2, -0.15) is 0 Å². The molecule has 3 aromatic rings. The van der Waals surface area contributed by atoms with Crippen molar-refractivity contribution in [3.8, 4) is 5.75 Å². The van der Waals surface area contributed by atoms with E-state index in [1.165, 1.54) is 5.56 Å². The fourth-order valence-electron chi connectivity index (χ4n) is 4.90. The van der Waals surface area contributed by atoms with Crippen LogP contribution in [0.1, 0.15) is 38.7 Å². The number of fused-ring (bicyclic) bond motifs is 1. The van der Waals surface area contributed by atoms with E-state index >= 15 is 0 Å². The lowest BCUT2D eigenvalue weighted by Crippen LogP contribution is -2.43. The van der Waals surface area contributed by atoms with Crippen molar-refractivity contribution in [3.63, 3.8) is 0 Å². The van der Waals surface area contributed by atoms with Gasteiger partial charge in [0.05, 0.1) is 19.3 Å². The first-order valence-corrected chi connectivity index (χ1v) is 12.1. The number of amides is 2. The quantitative estimate of drug-likeness (QED) is 0.565. The minimum atomic E-state index is -0.232. The minimum absolute atomic E-state index is 0.0107. The largest absolute Gasteiger partial charge is 0.484 e. The number of hydrogen-bond donors (Lipinski definition) is 0. The van der Waals surface area contributed by atoms with E-state index in [-0.39, 0.29) is 24.5 Å². The van der Waals surface area contributed by atoms with Gasteiger partial charge in [-0.15, -0.1) is 0 Å². The molecule has 2 aliphatic rings. The first-order chi connectivity index (χ1) is 17.1. The minimum Gasteiger partial charge on any atom is -0.484 e. The van der Waals surface area contributed by atoms with Gasteiger partial charge in [-0.1, -0.05) is 54.1 Å². The molecule has 6 nitrogen and oxygen atoms in total. The number of carbonyl (C=O) groups is 2. The number of benzene rings is 3. The van der Waals surface area contributed by atoms with Crippen molar-refractivity contribution in [2.45, 2.75) is 19.4 Å². The Hall–Kier alpha value is -3.64. The summed E-state index contributed by atoms with van der Waals surface area (Å²) in [5.41, 5.74) is 5.13. The molecule has 2 heterocycles. The number of aryl methyl sites for hydroxylation is 1. The summed E-state index contributed by atoms with van der Waals surface area (Å²) in [5.74, 6) is 0.607. The summed E-state index contributed by atoms with van der Waals surface area (Å²) >= 11 is 0. The lowest BCUT2D eigenvalue weighted by atomic mass is 9.87. The van der Waals surface area contributed by atoms with Gasteiger partial charge in [-0.3, -0.25) is 9.59 Å². The zero-order valence-corrected chi connectivity index (χ0v) is 20.0. The number of rotatable bonds is 5. The summed E-state index contributed by atoms with van der Waals surface area (Å²) in [7, 11) is 0. The molecule has 2 aliphatic heterocycles. The highest BCUT2D eigenvalue weighted by molar-refractivity contribution is 5.95. The SMILES string of the molecule is Cc1cccc(C2c3cc(OCC(=O)N4CCOCC4)ccc3CCN2C(=O)c2ccccc2)c1. The average molecular weight is 471 g/mol. The molecule has 1 saturated heterocycles. The third kappa shape index (κ3) is 5.08. The van der Waals surface area contributed by atoms with Crippen molar-refractivity contribution in [2.24, 2.45) is 0 Å². The van der Waals surface area contributed by atoms with Gasteiger partial charge in [0.15, 0.2) is 6.61 Å². The van der Waals surface area contributed by atoms with Crippen molar-refractivity contribution in [2.75, 3.05) is 39.5 Å². The van der Waals surface area contributed by atoms with Crippen molar-refractivity contribution >= 4 is 11.8 Å². The van der Waals surface area contributed by atoms with Gasteiger partial charge < -0.3 is 19.3 Å². The number of hydrogen-bond acceptors (Lipinski definition) is 4. The number of nitrogens with zero attached hydrogens (tertiary/aromatic N) is 2. The molecule has 0 bridgehead atoms. The molecule has 0 radical (unpaired) electrons. The Labute approximate surface area is 206 Å². The lowest BCUT2D eigenvalue weighted by Gasteiger charge is -2.38. The molecule has 1 fully saturated rings. The monoisotopic (exact) mass is 470 g/mol. The van der Waals surface area contributed by atoms with Gasteiger partial charge in [0.1, 0.15) is 5.75 Å². The molecule has 3 aromatic carbocycles. The molecule has 6 heteroatoms. The van der Waals surface area contributed by atoms with Crippen LogP contribution in [0.25, 0.3) is 0 Å². The van der Waals surface area contributed by atoms with Crippen LogP contribution in [0.3, 0.4) is 0 Å². The molecular weight excluding hydrogens is 440 g/mol. The molecule has 0 spiro atoms. The fraction of sp³-hybridized carbons (Fsp3) is 0.310. The van der Waals surface area contributed by atoms with Crippen molar-refractivity contribution < 1.29 is 19.1 Å². The third-order valence-electron chi connectivity index (χ3n) is 6.71. The molecule has 1 atom stereocenters. The molecule has 0 aliphatic carbocycles. The van der Waals surface area contributed by atoms with Crippen LogP contribution in [0.15, 0.2) is 72.8 Å². The molecule has 0 N–H and O–H groups in total. The van der Waals surface area contributed by atoms with E-state index in [4.69, 9.17) is 9.47 Å². The van der Waals surface area contributed by atoms with Crippen LogP contribution >= 0.6 is 0 Å². The van der Waals surface area contributed by atoms with Crippen LogP contribution in [0.5, 0.6) is 5.75 Å². The van der Waals surface area contributed by atoms with Crippen LogP contribution in [0.4, 0.5) is 0 Å². The Morgan fingerprint density at radius 1 is 0.943 bits per heavy atom. The van der Waals surface area contributed by atoms with Gasteiger partial charge in [0.2, 0.25) is 0 Å². The van der Waals surface area contributed by atoms with Gasteiger partial charge in [-0.05, 0) is 54.3 Å². The fourth-order valence-corrected chi connectivity index (χ4v) is 4.90. The first-order valence-electron chi connectivity index (χ1n) is 12.1. The molecule has 5 rings (SSSR count). The van der Waals surface area contributed by atoms with Crippen LogP contribution in [0.2, 0.25) is 0 Å². The van der Waals surface area contributed by atoms with E-state index in [2.05, 4.69) is 31.2 Å². The zero-order chi connectivity index (χ0) is 24.2. The Bertz CT molecular complexity index is 1200. The highest BCUT2D eigenvalue weighted by atomic mass is 16.5. The maximum absolute atomic E-state index is 13.6. The summed E-state index contributed by atoms with van der Waals surface area (Å²) < 4.78 is 11.3. The summed E-state index contributed by atoms with van der Waals surface area (Å²) in [4.78, 5) is 29.9. The van der Waals surface area contributed by atoms with Crippen molar-refractivity contribution in [1.82, 2.24) is 9.80 Å². The molecule has 1 unspecified atom stereocenters. The van der Waals surface area contributed by atoms with Gasteiger partial charge in [0, 0.05) is 25.2 Å². The van der Waals surface area contributed by atoms with E-state index in [1.54, 1.807) is 4.90 Å². The number of ether oxygens (including phenoxy) is 2. The summed E-state index contributed by atoms with van der Waals surface area (Å²) in [5, 5.41) is 0. The van der Waals surface area contributed by atoms with Crippen LogP contribution in [0, 0.1) is 6.92 Å². The van der Waals surface area contributed by atoms with Gasteiger partial charge >= 0.3 is 0 Å². The Kier molecular flexibility index (Phi) is 6.82. The second-order valence-corrected chi connectivity index (χ2v) is 9.07. The highest BCUT2D eigenvalue weighted by Gasteiger charge is 2.33. The van der Waals surface area contributed by atoms with Gasteiger partial charge in [-0.25, -0.2) is 0 Å². The number of carbonyl (C=O) groups excluding carboxylic acids is 2. The normalized spacial score (nSPS) is 17.6. The molecule has 0 aromatic heterocycles. The predicted molar refractivity (Wildman–Crippen MR) is 134 cm³/mol. The van der Waals surface area contributed by atoms with Gasteiger partial charge in [0.25, 0.3) is 11.8 Å². The smallest absolute Gasteiger partial charge is 0.260 e. The maximum atomic E-state index is 13.6. The highest BCUT2D eigenvalue weighted by Crippen LogP contribution is 2.38. The summed E-state index contributed by atoms with van der Waals surface area (Å²) in [6, 6.07) is 23.5. The molecule has 35 heavy (non-hydrogen) atoms. The van der Waals surface area contributed by atoms with E-state index in [9.17, 15) is 9.59 Å². The number of morpholine rings is 1. The molecular formula is C29H30N2O4.